The number of carbonyl (C=O) groups excluding carboxylic acids is 4. The maximum Gasteiger partial charge on any atom is 0.326 e. The van der Waals surface area contributed by atoms with Gasteiger partial charge in [0.05, 0.1) is 12.8 Å². The van der Waals surface area contributed by atoms with Crippen molar-refractivity contribution >= 4 is 67.2 Å². The lowest BCUT2D eigenvalue weighted by Crippen LogP contribution is -2.63. The molecular weight excluding hydrogens is 758 g/mol. The van der Waals surface area contributed by atoms with Gasteiger partial charge in [-0.3, -0.25) is 14.5 Å². The second-order valence-electron chi connectivity index (χ2n) is 13.5. The average Bonchev–Trinajstić information content (AvgIpc) is 3.13. The minimum Gasteiger partial charge on any atom is -0.468 e. The number of anilines is 2. The maximum atomic E-state index is 14.2. The number of nitrogen functional groups attached to an aromatic ring is 1. The highest BCUT2D eigenvalue weighted by Gasteiger charge is 2.48. The minimum atomic E-state index is -0.836. The van der Waals surface area contributed by atoms with E-state index in [0.717, 1.165) is 49.2 Å². The molecule has 12 nitrogen and oxygen atoms in total. The Morgan fingerprint density at radius 2 is 1.63 bits per heavy atom. The van der Waals surface area contributed by atoms with Crippen molar-refractivity contribution in [1.29, 1.82) is 0 Å². The highest BCUT2D eigenvalue weighted by molar-refractivity contribution is 9.11. The maximum absolute atomic E-state index is 14.2. The molecule has 14 heteroatoms. The molecule has 1 atom stereocenters. The van der Waals surface area contributed by atoms with Crippen molar-refractivity contribution < 1.29 is 23.9 Å². The van der Waals surface area contributed by atoms with Gasteiger partial charge in [-0.25, -0.2) is 9.59 Å². The van der Waals surface area contributed by atoms with Gasteiger partial charge in [-0.15, -0.1) is 0 Å². The second kappa shape index (κ2) is 15.3. The third kappa shape index (κ3) is 7.56. The summed E-state index contributed by atoms with van der Waals surface area (Å²) in [7, 11) is 1.43. The number of hydrogen-bond acceptors (Lipinski definition) is 7. The molecule has 264 valence electrons. The first-order valence-electron chi connectivity index (χ1n) is 17.2. The van der Waals surface area contributed by atoms with Crippen LogP contribution in [0.2, 0.25) is 0 Å². The van der Waals surface area contributed by atoms with Crippen LogP contribution in [-0.4, -0.2) is 108 Å². The van der Waals surface area contributed by atoms with Gasteiger partial charge in [0, 0.05) is 59.8 Å². The summed E-state index contributed by atoms with van der Waals surface area (Å²) >= 11 is 7.02. The zero-order chi connectivity index (χ0) is 34.7. The predicted molar refractivity (Wildman–Crippen MR) is 194 cm³/mol. The quantitative estimate of drug-likeness (QED) is 0.266. The number of rotatable bonds is 7. The molecule has 3 saturated heterocycles. The molecule has 0 radical (unpaired) electrons. The molecule has 5 amide bonds. The SMILES string of the molecule is COC(=O)C1(N2CCCCC2)CCN(C(=O)[C@@H](Cc2cc(Br)c(N)c(Br)c2)NC(=O)N2CCC(N3Cc4ccccc4NC3=O)CC2)CC1. The number of para-hydroxylation sites is 1. The number of halogens is 2. The predicted octanol–water partition coefficient (Wildman–Crippen LogP) is 4.95. The lowest BCUT2D eigenvalue weighted by atomic mass is 9.83. The van der Waals surface area contributed by atoms with Gasteiger partial charge in [-0.1, -0.05) is 24.6 Å². The Labute approximate surface area is 304 Å². The first-order chi connectivity index (χ1) is 23.6. The fraction of sp³-hybridized carbons (Fsp3) is 0.543. The molecular formula is C35H45Br2N7O5. The zero-order valence-corrected chi connectivity index (χ0v) is 31.1. The van der Waals surface area contributed by atoms with Crippen LogP contribution < -0.4 is 16.4 Å². The third-order valence-electron chi connectivity index (χ3n) is 10.7. The Kier molecular flexibility index (Phi) is 11.0. The summed E-state index contributed by atoms with van der Waals surface area (Å²) in [6.07, 6.45) is 5.72. The number of nitrogens with two attached hydrogens (primary N) is 1. The van der Waals surface area contributed by atoms with Gasteiger partial charge in [-0.2, -0.15) is 0 Å². The number of urea groups is 2. The molecule has 4 heterocycles. The van der Waals surface area contributed by atoms with Crippen LogP contribution in [0, 0.1) is 0 Å². The van der Waals surface area contributed by atoms with E-state index < -0.39 is 11.6 Å². The summed E-state index contributed by atoms with van der Waals surface area (Å²) < 4.78 is 6.69. The average molecular weight is 804 g/mol. The molecule has 3 fully saturated rings. The molecule has 0 saturated carbocycles. The van der Waals surface area contributed by atoms with Crippen LogP contribution in [0.15, 0.2) is 45.3 Å². The van der Waals surface area contributed by atoms with Crippen LogP contribution in [0.3, 0.4) is 0 Å². The molecule has 0 unspecified atom stereocenters. The van der Waals surface area contributed by atoms with Gasteiger partial charge in [-0.05, 0) is 113 Å². The Balaban J connectivity index is 1.13. The van der Waals surface area contributed by atoms with Crippen molar-refractivity contribution in [2.45, 2.75) is 75.5 Å². The topological polar surface area (TPSA) is 141 Å². The first kappa shape index (κ1) is 35.5. The number of carbonyl (C=O) groups is 4. The molecule has 49 heavy (non-hydrogen) atoms. The van der Waals surface area contributed by atoms with Gasteiger partial charge < -0.3 is 35.8 Å². The number of esters is 1. The number of piperidine rings is 3. The molecule has 4 aliphatic rings. The standard InChI is InChI=1S/C35H45Br2N7O5/c1-49-32(46)35(43-13-5-2-6-14-43)11-17-41(18-12-35)31(45)29(21-23-19-26(36)30(38)27(37)20-23)40-33(47)42-15-9-25(10-16-42)44-22-24-7-3-4-8-28(24)39-34(44)48/h3-4,7-8,19-20,25,29H,2,5-6,9-18,21-22,38H2,1H3,(H,39,48)(H,40,47)/t29-/m1/s1. The summed E-state index contributed by atoms with van der Waals surface area (Å²) in [5, 5.41) is 6.05. The minimum absolute atomic E-state index is 0.00245. The van der Waals surface area contributed by atoms with Gasteiger partial charge in [0.1, 0.15) is 11.6 Å². The summed E-state index contributed by atoms with van der Waals surface area (Å²) in [6.45, 7) is 3.92. The van der Waals surface area contributed by atoms with Crippen molar-refractivity contribution in [2.75, 3.05) is 57.4 Å². The smallest absolute Gasteiger partial charge is 0.326 e. The summed E-state index contributed by atoms with van der Waals surface area (Å²) in [6, 6.07) is 10.3. The number of nitrogens with one attached hydrogen (secondary N) is 2. The van der Waals surface area contributed by atoms with Crippen LogP contribution in [0.4, 0.5) is 21.0 Å². The number of methoxy groups -OCH3 is 1. The largest absolute Gasteiger partial charge is 0.468 e. The summed E-state index contributed by atoms with van der Waals surface area (Å²) in [4.78, 5) is 61.7. The van der Waals surface area contributed by atoms with Crippen LogP contribution >= 0.6 is 31.9 Å². The number of benzene rings is 2. The van der Waals surface area contributed by atoms with E-state index in [2.05, 4.69) is 47.4 Å². The summed E-state index contributed by atoms with van der Waals surface area (Å²) in [5.74, 6) is -0.425. The number of likely N-dealkylation sites (tertiary alicyclic amines) is 3. The van der Waals surface area contributed by atoms with Crippen molar-refractivity contribution in [2.24, 2.45) is 0 Å². The second-order valence-corrected chi connectivity index (χ2v) is 15.2. The van der Waals surface area contributed by atoms with Crippen LogP contribution in [0.5, 0.6) is 0 Å². The summed E-state index contributed by atoms with van der Waals surface area (Å²) in [5.41, 5.74) is 8.69. The highest BCUT2D eigenvalue weighted by Crippen LogP contribution is 2.34. The van der Waals surface area contributed by atoms with E-state index in [1.165, 1.54) is 7.11 Å². The molecule has 2 aromatic rings. The van der Waals surface area contributed by atoms with E-state index in [1.807, 2.05) is 41.3 Å². The molecule has 6 rings (SSSR count). The van der Waals surface area contributed by atoms with Gasteiger partial charge in [0.25, 0.3) is 0 Å². The normalized spacial score (nSPS) is 20.6. The molecule has 4 aliphatic heterocycles. The molecule has 0 bridgehead atoms. The Morgan fingerprint density at radius 1 is 0.980 bits per heavy atom. The number of hydrogen-bond donors (Lipinski definition) is 3. The van der Waals surface area contributed by atoms with Crippen molar-refractivity contribution in [1.82, 2.24) is 24.9 Å². The molecule has 2 aromatic carbocycles. The van der Waals surface area contributed by atoms with E-state index in [4.69, 9.17) is 10.5 Å². The van der Waals surface area contributed by atoms with E-state index in [-0.39, 0.29) is 36.4 Å². The fourth-order valence-electron chi connectivity index (χ4n) is 7.81. The van der Waals surface area contributed by atoms with Crippen molar-refractivity contribution in [3.8, 4) is 0 Å². The monoisotopic (exact) mass is 801 g/mol. The molecule has 0 spiro atoms. The lowest BCUT2D eigenvalue weighted by Gasteiger charge is -2.48. The first-order valence-corrected chi connectivity index (χ1v) is 18.7. The molecule has 0 aromatic heterocycles. The van der Waals surface area contributed by atoms with E-state index >= 15 is 0 Å². The third-order valence-corrected chi connectivity index (χ3v) is 12.0. The van der Waals surface area contributed by atoms with Crippen molar-refractivity contribution in [3.05, 3.63) is 56.5 Å². The van der Waals surface area contributed by atoms with Crippen LogP contribution in [-0.2, 0) is 27.3 Å². The van der Waals surface area contributed by atoms with E-state index in [9.17, 15) is 19.2 Å². The zero-order valence-electron chi connectivity index (χ0n) is 27.9. The van der Waals surface area contributed by atoms with Crippen molar-refractivity contribution in [3.63, 3.8) is 0 Å². The van der Waals surface area contributed by atoms with Gasteiger partial charge in [0.15, 0.2) is 0 Å². The fourth-order valence-corrected chi connectivity index (χ4v) is 9.09. The lowest BCUT2D eigenvalue weighted by molar-refractivity contribution is -0.162. The van der Waals surface area contributed by atoms with Gasteiger partial charge >= 0.3 is 18.0 Å². The number of ether oxygens (including phenoxy) is 1. The Bertz CT molecular complexity index is 1550. The Morgan fingerprint density at radius 3 is 2.29 bits per heavy atom. The molecule has 0 aliphatic carbocycles. The van der Waals surface area contributed by atoms with E-state index in [1.54, 1.807) is 9.80 Å². The van der Waals surface area contributed by atoms with E-state index in [0.29, 0.717) is 73.0 Å². The van der Waals surface area contributed by atoms with Crippen LogP contribution in [0.25, 0.3) is 0 Å². The highest BCUT2D eigenvalue weighted by atomic mass is 79.9. The Hall–Kier alpha value is -3.36. The van der Waals surface area contributed by atoms with Crippen LogP contribution in [0.1, 0.15) is 56.1 Å². The molecule has 4 N–H and O–H groups in total. The van der Waals surface area contributed by atoms with Gasteiger partial charge in [0.2, 0.25) is 5.91 Å². The number of nitrogens with zero attached hydrogens (tertiary/aromatic N) is 4. The number of amides is 5. The number of fused-ring (bicyclic) bond motifs is 1.